The third kappa shape index (κ3) is 5.05. The molecule has 1 aromatic carbocycles. The largest absolute Gasteiger partial charge is 0.444 e. The highest BCUT2D eigenvalue weighted by Crippen LogP contribution is 2.24. The molecular formula is C20H25F2N3O2. The molecule has 0 bridgehead atoms. The monoisotopic (exact) mass is 377 g/mol. The van der Waals surface area contributed by atoms with Crippen LogP contribution in [0.1, 0.15) is 49.4 Å². The number of hydrogen-bond donors (Lipinski definition) is 1. The van der Waals surface area contributed by atoms with Gasteiger partial charge in [0.15, 0.2) is 0 Å². The van der Waals surface area contributed by atoms with E-state index in [1.165, 1.54) is 12.1 Å². The summed E-state index contributed by atoms with van der Waals surface area (Å²) in [6, 6.07) is 3.33. The van der Waals surface area contributed by atoms with Gasteiger partial charge in [0.05, 0.1) is 6.20 Å². The van der Waals surface area contributed by atoms with E-state index in [0.29, 0.717) is 42.6 Å². The molecule has 2 aromatic rings. The third-order valence-electron chi connectivity index (χ3n) is 5.09. The number of halogens is 2. The van der Waals surface area contributed by atoms with E-state index in [0.717, 1.165) is 25.3 Å². The molecule has 1 aliphatic rings. The van der Waals surface area contributed by atoms with Crippen LogP contribution in [0.3, 0.4) is 0 Å². The maximum absolute atomic E-state index is 13.7. The number of aryl methyl sites for hydroxylation is 2. The second-order valence-corrected chi connectivity index (χ2v) is 7.19. The van der Waals surface area contributed by atoms with Crippen molar-refractivity contribution in [2.75, 3.05) is 13.1 Å². The lowest BCUT2D eigenvalue weighted by molar-refractivity contribution is 0.164. The highest BCUT2D eigenvalue weighted by atomic mass is 19.1. The van der Waals surface area contributed by atoms with Gasteiger partial charge in [-0.2, -0.15) is 0 Å². The number of likely N-dealkylation sites (tertiary alicyclic amines) is 1. The fourth-order valence-electron chi connectivity index (χ4n) is 3.42. The number of nitrogens with zero attached hydrogens (tertiary/aromatic N) is 2. The summed E-state index contributed by atoms with van der Waals surface area (Å²) in [5.41, 5.74) is 0.548. The SMILES string of the molecule is Cc1cnc([C@H](C)NC(=O)N2CCC(CCc3ccc(F)cc3F)CC2)o1. The van der Waals surface area contributed by atoms with E-state index >= 15 is 0 Å². The van der Waals surface area contributed by atoms with Crippen molar-refractivity contribution in [3.05, 3.63) is 53.2 Å². The topological polar surface area (TPSA) is 58.4 Å². The molecule has 1 aliphatic heterocycles. The van der Waals surface area contributed by atoms with E-state index in [-0.39, 0.29) is 12.1 Å². The first-order valence-corrected chi connectivity index (χ1v) is 9.34. The molecule has 1 atom stereocenters. The lowest BCUT2D eigenvalue weighted by atomic mass is 9.90. The van der Waals surface area contributed by atoms with E-state index in [4.69, 9.17) is 4.42 Å². The number of benzene rings is 1. The molecule has 1 N–H and O–H groups in total. The molecule has 1 saturated heterocycles. The van der Waals surface area contributed by atoms with Crippen LogP contribution < -0.4 is 5.32 Å². The summed E-state index contributed by atoms with van der Waals surface area (Å²) in [7, 11) is 0. The van der Waals surface area contributed by atoms with Crippen molar-refractivity contribution in [3.8, 4) is 0 Å². The van der Waals surface area contributed by atoms with Crippen LogP contribution in [0.2, 0.25) is 0 Å². The molecular weight excluding hydrogens is 352 g/mol. The summed E-state index contributed by atoms with van der Waals surface area (Å²) in [6.07, 6.45) is 4.81. The van der Waals surface area contributed by atoms with Crippen LogP contribution in [0.4, 0.5) is 13.6 Å². The number of oxazole rings is 1. The Morgan fingerprint density at radius 3 is 2.74 bits per heavy atom. The Labute approximate surface area is 157 Å². The number of piperidine rings is 1. The first-order chi connectivity index (χ1) is 12.9. The Morgan fingerprint density at radius 1 is 1.37 bits per heavy atom. The molecule has 3 rings (SSSR count). The maximum atomic E-state index is 13.7. The Hall–Kier alpha value is -2.44. The summed E-state index contributed by atoms with van der Waals surface area (Å²) in [6.45, 7) is 4.99. The van der Waals surface area contributed by atoms with Crippen LogP contribution in [0.25, 0.3) is 0 Å². The molecule has 7 heteroatoms. The van der Waals surface area contributed by atoms with Gasteiger partial charge in [-0.1, -0.05) is 6.07 Å². The Kier molecular flexibility index (Phi) is 6.08. The molecule has 146 valence electrons. The minimum Gasteiger partial charge on any atom is -0.444 e. The minimum atomic E-state index is -0.551. The van der Waals surface area contributed by atoms with Gasteiger partial charge in [0.2, 0.25) is 5.89 Å². The number of carbonyl (C=O) groups excluding carboxylic acids is 1. The fraction of sp³-hybridized carbons (Fsp3) is 0.500. The van der Waals surface area contributed by atoms with E-state index < -0.39 is 11.6 Å². The Morgan fingerprint density at radius 2 is 2.11 bits per heavy atom. The second-order valence-electron chi connectivity index (χ2n) is 7.19. The molecule has 2 heterocycles. The molecule has 27 heavy (non-hydrogen) atoms. The maximum Gasteiger partial charge on any atom is 0.318 e. The van der Waals surface area contributed by atoms with Crippen molar-refractivity contribution in [3.63, 3.8) is 0 Å². The summed E-state index contributed by atoms with van der Waals surface area (Å²) in [4.78, 5) is 18.3. The van der Waals surface area contributed by atoms with Gasteiger partial charge in [-0.05, 0) is 57.1 Å². The molecule has 1 aromatic heterocycles. The van der Waals surface area contributed by atoms with Crippen molar-refractivity contribution in [1.29, 1.82) is 0 Å². The van der Waals surface area contributed by atoms with Crippen LogP contribution in [-0.2, 0) is 6.42 Å². The number of amides is 2. The zero-order valence-corrected chi connectivity index (χ0v) is 15.7. The summed E-state index contributed by atoms with van der Waals surface area (Å²) >= 11 is 0. The van der Waals surface area contributed by atoms with Crippen LogP contribution in [0.15, 0.2) is 28.8 Å². The Balaban J connectivity index is 1.43. The zero-order valence-electron chi connectivity index (χ0n) is 15.7. The van der Waals surface area contributed by atoms with Crippen molar-refractivity contribution in [1.82, 2.24) is 15.2 Å². The summed E-state index contributed by atoms with van der Waals surface area (Å²) in [5, 5.41) is 2.91. The number of nitrogens with one attached hydrogen (secondary N) is 1. The van der Waals surface area contributed by atoms with Gasteiger partial charge >= 0.3 is 6.03 Å². The molecule has 0 aliphatic carbocycles. The van der Waals surface area contributed by atoms with Gasteiger partial charge in [0.25, 0.3) is 0 Å². The summed E-state index contributed by atoms with van der Waals surface area (Å²) in [5.74, 6) is 0.610. The first-order valence-electron chi connectivity index (χ1n) is 9.34. The van der Waals surface area contributed by atoms with Gasteiger partial charge in [0, 0.05) is 19.2 Å². The van der Waals surface area contributed by atoms with Crippen molar-refractivity contribution in [2.45, 2.75) is 45.6 Å². The highest BCUT2D eigenvalue weighted by molar-refractivity contribution is 5.74. The van der Waals surface area contributed by atoms with Gasteiger partial charge < -0.3 is 14.6 Å². The molecule has 0 unspecified atom stereocenters. The second kappa shape index (κ2) is 8.50. The van der Waals surface area contributed by atoms with Crippen molar-refractivity contribution in [2.24, 2.45) is 5.92 Å². The predicted molar refractivity (Wildman–Crippen MR) is 97.2 cm³/mol. The van der Waals surface area contributed by atoms with Crippen LogP contribution in [0.5, 0.6) is 0 Å². The van der Waals surface area contributed by atoms with E-state index in [2.05, 4.69) is 10.3 Å². The number of urea groups is 1. The smallest absolute Gasteiger partial charge is 0.318 e. The van der Waals surface area contributed by atoms with Crippen molar-refractivity contribution < 1.29 is 18.0 Å². The zero-order chi connectivity index (χ0) is 19.4. The molecule has 0 spiro atoms. The van der Waals surface area contributed by atoms with Gasteiger partial charge in [0.1, 0.15) is 23.4 Å². The van der Waals surface area contributed by atoms with E-state index in [1.54, 1.807) is 11.1 Å². The quantitative estimate of drug-likeness (QED) is 0.841. The standard InChI is InChI=1S/C20H25F2N3O2/c1-13-12-23-19(27-13)14(2)24-20(26)25-9-7-15(8-10-25)3-4-16-5-6-17(21)11-18(16)22/h5-6,11-12,14-15H,3-4,7-10H2,1-2H3,(H,24,26)/t14-/m0/s1. The van der Waals surface area contributed by atoms with Crippen LogP contribution >= 0.6 is 0 Å². The normalized spacial score (nSPS) is 16.4. The highest BCUT2D eigenvalue weighted by Gasteiger charge is 2.25. The number of carbonyl (C=O) groups is 1. The Bertz CT molecular complexity index is 785. The lowest BCUT2D eigenvalue weighted by Crippen LogP contribution is -2.45. The summed E-state index contributed by atoms with van der Waals surface area (Å²) < 4.78 is 32.1. The predicted octanol–water partition coefficient (Wildman–Crippen LogP) is 4.38. The van der Waals surface area contributed by atoms with Crippen LogP contribution in [-0.4, -0.2) is 29.0 Å². The molecule has 2 amide bonds. The fourth-order valence-corrected chi connectivity index (χ4v) is 3.42. The third-order valence-corrected chi connectivity index (χ3v) is 5.09. The number of aromatic nitrogens is 1. The lowest BCUT2D eigenvalue weighted by Gasteiger charge is -2.32. The molecule has 1 fully saturated rings. The number of rotatable bonds is 5. The number of hydrogen-bond acceptors (Lipinski definition) is 3. The average molecular weight is 377 g/mol. The average Bonchev–Trinajstić information content (AvgIpc) is 3.08. The van der Waals surface area contributed by atoms with E-state index in [9.17, 15) is 13.6 Å². The molecule has 0 saturated carbocycles. The first kappa shape index (κ1) is 19.3. The molecule has 5 nitrogen and oxygen atoms in total. The van der Waals surface area contributed by atoms with Crippen LogP contribution in [0, 0.1) is 24.5 Å². The van der Waals surface area contributed by atoms with Gasteiger partial charge in [-0.15, -0.1) is 0 Å². The van der Waals surface area contributed by atoms with Crippen molar-refractivity contribution >= 4 is 6.03 Å². The van der Waals surface area contributed by atoms with Gasteiger partial charge in [-0.3, -0.25) is 0 Å². The van der Waals surface area contributed by atoms with Gasteiger partial charge in [-0.25, -0.2) is 18.6 Å². The van der Waals surface area contributed by atoms with E-state index in [1.807, 2.05) is 13.8 Å². The minimum absolute atomic E-state index is 0.124. The molecule has 0 radical (unpaired) electrons.